The van der Waals surface area contributed by atoms with Gasteiger partial charge in [-0.2, -0.15) is 0 Å². The summed E-state index contributed by atoms with van der Waals surface area (Å²) in [5.74, 6) is -3.31. The van der Waals surface area contributed by atoms with Gasteiger partial charge >= 0.3 is 0 Å². The Morgan fingerprint density at radius 1 is 0.594 bits per heavy atom. The van der Waals surface area contributed by atoms with Gasteiger partial charge in [0.1, 0.15) is 6.10 Å². The molecular weight excluding hydrogens is 420 g/mol. The van der Waals surface area contributed by atoms with Crippen LogP contribution in [0.15, 0.2) is 48.5 Å². The summed E-state index contributed by atoms with van der Waals surface area (Å²) in [7, 11) is 0. The Bertz CT molecular complexity index is 1150. The minimum atomic E-state index is -0.950. The maximum atomic E-state index is 14.9. The fourth-order valence-corrected chi connectivity index (χ4v) is 4.26. The summed E-state index contributed by atoms with van der Waals surface area (Å²) >= 11 is 0. The molecule has 0 bridgehead atoms. The van der Waals surface area contributed by atoms with Crippen LogP contribution in [0.1, 0.15) is 43.1 Å². The smallest absolute Gasteiger partial charge is 0.167 e. The molecule has 3 aromatic carbocycles. The van der Waals surface area contributed by atoms with Crippen LogP contribution in [0.25, 0.3) is 22.3 Å². The predicted molar refractivity (Wildman–Crippen MR) is 113 cm³/mol. The molecule has 166 valence electrons. The van der Waals surface area contributed by atoms with Gasteiger partial charge in [0.25, 0.3) is 0 Å². The third kappa shape index (κ3) is 3.82. The monoisotopic (exact) mass is 442 g/mol. The SMILES string of the molecule is CC1CCC(c2ccc(-c3ccc(-c4ccc(C5CO5)c(F)c4F)cc3)c(F)c2F)OC1. The first-order chi connectivity index (χ1) is 15.4. The van der Waals surface area contributed by atoms with Crippen molar-refractivity contribution in [1.29, 1.82) is 0 Å². The number of epoxide rings is 1. The van der Waals surface area contributed by atoms with Crippen LogP contribution < -0.4 is 0 Å². The first kappa shape index (κ1) is 21.2. The summed E-state index contributed by atoms with van der Waals surface area (Å²) in [5.41, 5.74) is 1.53. The van der Waals surface area contributed by atoms with E-state index in [4.69, 9.17) is 9.47 Å². The van der Waals surface area contributed by atoms with Gasteiger partial charge < -0.3 is 9.47 Å². The number of hydrogen-bond acceptors (Lipinski definition) is 2. The molecule has 0 radical (unpaired) electrons. The molecule has 2 heterocycles. The highest BCUT2D eigenvalue weighted by atomic mass is 19.2. The van der Waals surface area contributed by atoms with Crippen LogP contribution in [0.3, 0.4) is 0 Å². The highest BCUT2D eigenvalue weighted by Crippen LogP contribution is 2.38. The van der Waals surface area contributed by atoms with Gasteiger partial charge in [-0.15, -0.1) is 0 Å². The Hall–Kier alpha value is -2.70. The second-order valence-corrected chi connectivity index (χ2v) is 8.56. The average Bonchev–Trinajstić information content (AvgIpc) is 3.64. The Morgan fingerprint density at radius 2 is 1.06 bits per heavy atom. The molecule has 3 atom stereocenters. The van der Waals surface area contributed by atoms with Gasteiger partial charge in [0.15, 0.2) is 23.3 Å². The van der Waals surface area contributed by atoms with Crippen molar-refractivity contribution in [3.8, 4) is 22.3 Å². The molecule has 3 aromatic rings. The molecule has 2 saturated heterocycles. The van der Waals surface area contributed by atoms with E-state index in [2.05, 4.69) is 6.92 Å². The van der Waals surface area contributed by atoms with Crippen LogP contribution in [0.2, 0.25) is 0 Å². The molecule has 0 aliphatic carbocycles. The normalized spacial score (nSPS) is 22.7. The topological polar surface area (TPSA) is 21.8 Å². The van der Waals surface area contributed by atoms with E-state index in [9.17, 15) is 17.6 Å². The third-order valence-electron chi connectivity index (χ3n) is 6.26. The lowest BCUT2D eigenvalue weighted by Gasteiger charge is -2.27. The second kappa shape index (κ2) is 8.34. The van der Waals surface area contributed by atoms with Crippen LogP contribution in [-0.2, 0) is 9.47 Å². The third-order valence-corrected chi connectivity index (χ3v) is 6.26. The molecule has 3 unspecified atom stereocenters. The number of hydrogen-bond donors (Lipinski definition) is 0. The van der Waals surface area contributed by atoms with Crippen LogP contribution >= 0.6 is 0 Å². The van der Waals surface area contributed by atoms with Crippen molar-refractivity contribution >= 4 is 0 Å². The van der Waals surface area contributed by atoms with E-state index in [0.717, 1.165) is 6.42 Å². The van der Waals surface area contributed by atoms with Crippen molar-refractivity contribution in [3.63, 3.8) is 0 Å². The van der Waals surface area contributed by atoms with Crippen molar-refractivity contribution < 1.29 is 27.0 Å². The highest BCUT2D eigenvalue weighted by molar-refractivity contribution is 5.71. The minimum absolute atomic E-state index is 0.101. The predicted octanol–water partition coefficient (Wildman–Crippen LogP) is 7.14. The van der Waals surface area contributed by atoms with Crippen LogP contribution in [0, 0.1) is 29.2 Å². The van der Waals surface area contributed by atoms with Crippen molar-refractivity contribution in [2.75, 3.05) is 13.2 Å². The van der Waals surface area contributed by atoms with Gasteiger partial charge in [0, 0.05) is 28.9 Å². The highest BCUT2D eigenvalue weighted by Gasteiger charge is 2.30. The molecule has 32 heavy (non-hydrogen) atoms. The maximum absolute atomic E-state index is 14.9. The number of ether oxygens (including phenoxy) is 2. The molecule has 0 amide bonds. The molecular formula is C26H22F4O2. The van der Waals surface area contributed by atoms with Crippen molar-refractivity contribution in [1.82, 2.24) is 0 Å². The molecule has 0 spiro atoms. The van der Waals surface area contributed by atoms with Gasteiger partial charge in [-0.1, -0.05) is 55.5 Å². The Morgan fingerprint density at radius 3 is 1.50 bits per heavy atom. The number of benzene rings is 3. The van der Waals surface area contributed by atoms with Crippen LogP contribution in [-0.4, -0.2) is 13.2 Å². The van der Waals surface area contributed by atoms with Gasteiger partial charge in [-0.3, -0.25) is 0 Å². The van der Waals surface area contributed by atoms with Crippen molar-refractivity contribution in [3.05, 3.63) is 82.9 Å². The number of halogens is 4. The first-order valence-corrected chi connectivity index (χ1v) is 10.7. The zero-order valence-corrected chi connectivity index (χ0v) is 17.5. The minimum Gasteiger partial charge on any atom is -0.373 e. The lowest BCUT2D eigenvalue weighted by atomic mass is 9.93. The molecule has 0 N–H and O–H groups in total. The molecule has 2 nitrogen and oxygen atoms in total. The van der Waals surface area contributed by atoms with Crippen molar-refractivity contribution in [2.45, 2.75) is 32.0 Å². The van der Waals surface area contributed by atoms with Gasteiger partial charge in [-0.25, -0.2) is 17.6 Å². The lowest BCUT2D eigenvalue weighted by Crippen LogP contribution is -2.19. The summed E-state index contributed by atoms with van der Waals surface area (Å²) in [5, 5.41) is 0. The van der Waals surface area contributed by atoms with Gasteiger partial charge in [0.05, 0.1) is 12.7 Å². The quantitative estimate of drug-likeness (QED) is 0.317. The fraction of sp³-hybridized carbons (Fsp3) is 0.308. The number of rotatable bonds is 4. The summed E-state index contributed by atoms with van der Waals surface area (Å²) in [6.45, 7) is 2.98. The molecule has 0 saturated carbocycles. The molecule has 0 aromatic heterocycles. The lowest BCUT2D eigenvalue weighted by molar-refractivity contribution is -0.0144. The van der Waals surface area contributed by atoms with E-state index in [-0.39, 0.29) is 28.4 Å². The largest absolute Gasteiger partial charge is 0.373 e. The fourth-order valence-electron chi connectivity index (χ4n) is 4.26. The molecule has 5 rings (SSSR count). The molecule has 2 aliphatic rings. The molecule has 2 aliphatic heterocycles. The first-order valence-electron chi connectivity index (χ1n) is 10.7. The van der Waals surface area contributed by atoms with E-state index in [0.29, 0.717) is 36.7 Å². The second-order valence-electron chi connectivity index (χ2n) is 8.56. The van der Waals surface area contributed by atoms with Crippen molar-refractivity contribution in [2.24, 2.45) is 5.92 Å². The Kier molecular flexibility index (Phi) is 5.51. The molecule has 6 heteroatoms. The van der Waals surface area contributed by atoms with Gasteiger partial charge in [0.2, 0.25) is 0 Å². The zero-order chi connectivity index (χ0) is 22.4. The molecule has 2 fully saturated rings. The van der Waals surface area contributed by atoms with Crippen LogP contribution in [0.4, 0.5) is 17.6 Å². The summed E-state index contributed by atoms with van der Waals surface area (Å²) in [6, 6.07) is 12.4. The summed E-state index contributed by atoms with van der Waals surface area (Å²) in [6.07, 6.45) is 0.725. The summed E-state index contributed by atoms with van der Waals surface area (Å²) < 4.78 is 69.3. The zero-order valence-electron chi connectivity index (χ0n) is 17.5. The van der Waals surface area contributed by atoms with E-state index in [1.54, 1.807) is 30.3 Å². The van der Waals surface area contributed by atoms with Gasteiger partial charge in [-0.05, 0) is 29.9 Å². The average molecular weight is 442 g/mol. The Labute approximate surface area is 183 Å². The van der Waals surface area contributed by atoms with Crippen LogP contribution in [0.5, 0.6) is 0 Å². The Balaban J connectivity index is 1.42. The summed E-state index contributed by atoms with van der Waals surface area (Å²) in [4.78, 5) is 0. The standard InChI is InChI=1S/C26H22F4O2/c1-14-2-11-21(31-12-14)19-9-7-17(23(27)25(19)29)15-3-5-16(6-4-15)18-8-10-20(22-13-32-22)26(30)24(18)28/h3-10,14,21-22H,2,11-13H2,1H3. The maximum Gasteiger partial charge on any atom is 0.167 e. The van der Waals surface area contributed by atoms with E-state index >= 15 is 0 Å². The van der Waals surface area contributed by atoms with E-state index < -0.39 is 29.4 Å². The van der Waals surface area contributed by atoms with E-state index in [1.165, 1.54) is 18.2 Å². The van der Waals surface area contributed by atoms with E-state index in [1.807, 2.05) is 0 Å².